The van der Waals surface area contributed by atoms with Crippen LogP contribution < -0.4 is 5.32 Å². The average Bonchev–Trinajstić information content (AvgIpc) is 2.96. The number of hydrogen-bond acceptors (Lipinski definition) is 2. The summed E-state index contributed by atoms with van der Waals surface area (Å²) < 4.78 is 18.4. The van der Waals surface area contributed by atoms with Crippen molar-refractivity contribution in [3.63, 3.8) is 0 Å². The Morgan fingerprint density at radius 1 is 1.06 bits per heavy atom. The topological polar surface area (TPSA) is 32.3 Å². The van der Waals surface area contributed by atoms with Crippen molar-refractivity contribution in [1.29, 1.82) is 0 Å². The molecule has 0 saturated carbocycles. The van der Waals surface area contributed by atoms with Crippen molar-refractivity contribution in [2.45, 2.75) is 120 Å². The zero-order chi connectivity index (χ0) is 25.9. The van der Waals surface area contributed by atoms with Gasteiger partial charge in [0.15, 0.2) is 0 Å². The summed E-state index contributed by atoms with van der Waals surface area (Å²) in [6.07, 6.45) is -1.02. The van der Waals surface area contributed by atoms with Crippen LogP contribution in [0, 0.1) is 24.7 Å². The van der Waals surface area contributed by atoms with E-state index in [1.807, 2.05) is 20.8 Å². The van der Waals surface area contributed by atoms with Gasteiger partial charge in [-0.3, -0.25) is 9.69 Å². The fourth-order valence-corrected chi connectivity index (χ4v) is 5.32. The Bertz CT molecular complexity index is 917. The van der Waals surface area contributed by atoms with E-state index < -0.39 is 17.3 Å². The molecule has 0 saturated heterocycles. The number of amides is 1. The van der Waals surface area contributed by atoms with Crippen LogP contribution in [-0.2, 0) is 16.6 Å². The highest BCUT2D eigenvalue weighted by Gasteiger charge is 2.42. The third kappa shape index (κ3) is 5.72. The molecule has 0 aromatic heterocycles. The largest absolute Gasteiger partial charge is 0.326 e. The molecular formula is C28H48N2O. The molecular weight excluding hydrogens is 380 g/mol. The second-order valence-corrected chi connectivity index (χ2v) is 12.9. The fraction of sp³-hybridized carbons (Fsp3) is 0.750. The van der Waals surface area contributed by atoms with Gasteiger partial charge in [-0.2, -0.15) is 0 Å². The Balaban J connectivity index is 2.69. The minimum atomic E-state index is -1.43. The van der Waals surface area contributed by atoms with Crippen molar-refractivity contribution < 1.29 is 7.54 Å². The van der Waals surface area contributed by atoms with E-state index in [0.717, 1.165) is 11.3 Å². The number of hydrogen-bond donors (Lipinski definition) is 1. The van der Waals surface area contributed by atoms with Gasteiger partial charge in [-0.05, 0) is 80.1 Å². The highest BCUT2D eigenvalue weighted by molar-refractivity contribution is 6.00. The van der Waals surface area contributed by atoms with Crippen molar-refractivity contribution in [1.82, 2.24) is 4.90 Å². The number of fused-ring (bicyclic) bond motifs is 1. The van der Waals surface area contributed by atoms with Gasteiger partial charge in [0.1, 0.15) is 0 Å². The maximum absolute atomic E-state index is 12.3. The third-order valence-corrected chi connectivity index (χ3v) is 6.93. The van der Waals surface area contributed by atoms with Gasteiger partial charge >= 0.3 is 0 Å². The normalized spacial score (nSPS) is 17.9. The number of carbonyl (C=O) groups excluding carboxylic acids is 1. The van der Waals surface area contributed by atoms with Gasteiger partial charge in [-0.15, -0.1) is 0 Å². The molecule has 1 atom stereocenters. The highest BCUT2D eigenvalue weighted by Crippen LogP contribution is 2.43. The molecule has 0 aliphatic carbocycles. The molecule has 1 N–H and O–H groups in total. The molecule has 3 heteroatoms. The molecule has 1 aliphatic heterocycles. The van der Waals surface area contributed by atoms with Crippen molar-refractivity contribution in [2.75, 3.05) is 11.9 Å². The van der Waals surface area contributed by atoms with Gasteiger partial charge in [0.25, 0.3) is 0 Å². The lowest BCUT2D eigenvalue weighted by Gasteiger charge is -2.52. The molecule has 1 heterocycles. The van der Waals surface area contributed by atoms with Crippen molar-refractivity contribution in [3.8, 4) is 0 Å². The molecule has 1 aromatic rings. The Kier molecular flexibility index (Phi) is 6.05. The molecule has 0 fully saturated rings. The first kappa shape index (κ1) is 22.8. The van der Waals surface area contributed by atoms with Crippen LogP contribution in [0.25, 0.3) is 0 Å². The molecule has 0 spiro atoms. The fourth-order valence-electron chi connectivity index (χ4n) is 5.32. The van der Waals surface area contributed by atoms with Crippen LogP contribution in [0.1, 0.15) is 108 Å². The highest BCUT2D eigenvalue weighted by atomic mass is 16.1. The minimum Gasteiger partial charge on any atom is -0.326 e. The number of benzene rings is 1. The van der Waals surface area contributed by atoms with Crippen LogP contribution in [-0.4, -0.2) is 28.9 Å². The predicted molar refractivity (Wildman–Crippen MR) is 135 cm³/mol. The maximum Gasteiger partial charge on any atom is 0.228 e. The molecule has 1 aromatic carbocycles. The predicted octanol–water partition coefficient (Wildman–Crippen LogP) is 7.03. The van der Waals surface area contributed by atoms with E-state index in [1.54, 1.807) is 0 Å². The van der Waals surface area contributed by atoms with E-state index in [4.69, 9.17) is 0 Å². The van der Waals surface area contributed by atoms with Crippen LogP contribution in [0.5, 0.6) is 0 Å². The summed E-state index contributed by atoms with van der Waals surface area (Å²) in [6, 6.07) is 2.23. The average molecular weight is 431 g/mol. The zero-order valence-corrected chi connectivity index (χ0v) is 22.4. The molecule has 1 aliphatic rings. The van der Waals surface area contributed by atoms with Gasteiger partial charge in [0, 0.05) is 32.0 Å². The summed E-state index contributed by atoms with van der Waals surface area (Å²) in [6.45, 7) is 28.5. The molecule has 1 amide bonds. The van der Waals surface area contributed by atoms with E-state index in [1.165, 1.54) is 16.7 Å². The number of carbonyl (C=O) groups is 1. The number of nitrogens with one attached hydrogen (secondary N) is 1. The number of nitrogens with zero attached hydrogens (tertiary/aromatic N) is 1. The van der Waals surface area contributed by atoms with E-state index in [0.29, 0.717) is 13.0 Å². The summed E-state index contributed by atoms with van der Waals surface area (Å²) in [5.41, 5.74) is 4.14. The lowest BCUT2D eigenvalue weighted by Crippen LogP contribution is -2.58. The van der Waals surface area contributed by atoms with E-state index in [-0.39, 0.29) is 22.8 Å². The van der Waals surface area contributed by atoms with Crippen LogP contribution in [0.3, 0.4) is 0 Å². The first-order valence-corrected chi connectivity index (χ1v) is 11.8. The second-order valence-electron chi connectivity index (χ2n) is 12.9. The van der Waals surface area contributed by atoms with Crippen LogP contribution in [0.2, 0.25) is 0 Å². The molecule has 31 heavy (non-hydrogen) atoms. The van der Waals surface area contributed by atoms with Crippen LogP contribution in [0.4, 0.5) is 5.69 Å². The van der Waals surface area contributed by atoms with Gasteiger partial charge in [0.05, 0.1) is 6.42 Å². The van der Waals surface area contributed by atoms with E-state index in [2.05, 4.69) is 85.5 Å². The molecule has 1 unspecified atom stereocenters. The van der Waals surface area contributed by atoms with E-state index in [9.17, 15) is 7.54 Å². The molecule has 0 radical (unpaired) electrons. The van der Waals surface area contributed by atoms with Gasteiger partial charge in [-0.25, -0.2) is 0 Å². The van der Waals surface area contributed by atoms with Crippen LogP contribution >= 0.6 is 0 Å². The Morgan fingerprint density at radius 2 is 1.61 bits per heavy atom. The van der Waals surface area contributed by atoms with Crippen molar-refractivity contribution in [2.24, 2.45) is 10.8 Å². The molecule has 3 nitrogen and oxygen atoms in total. The monoisotopic (exact) mass is 430 g/mol. The third-order valence-electron chi connectivity index (χ3n) is 6.93. The van der Waals surface area contributed by atoms with Crippen molar-refractivity contribution in [3.05, 3.63) is 28.3 Å². The Morgan fingerprint density at radius 3 is 2.10 bits per heavy atom. The summed E-state index contributed by atoms with van der Waals surface area (Å²) in [5, 5.41) is 3.04. The summed E-state index contributed by atoms with van der Waals surface area (Å²) >= 11 is 0. The smallest absolute Gasteiger partial charge is 0.228 e. The van der Waals surface area contributed by atoms with Crippen molar-refractivity contribution >= 4 is 11.6 Å². The lowest BCUT2D eigenvalue weighted by atomic mass is 9.73. The number of anilines is 1. The van der Waals surface area contributed by atoms with Gasteiger partial charge < -0.3 is 5.32 Å². The number of aryl methyl sites for hydroxylation is 1. The summed E-state index contributed by atoms with van der Waals surface area (Å²) in [4.78, 5) is 14.7. The SMILES string of the molecule is [2H]C([2H])(C(C)(C)C)C(C)(C)N(CC(C)(C)c1c(C)c(C)cc2c1CC(=O)N2)C(C)C(C)(C)C. The standard InChI is InChI=1S/C28H48N2O/c1-18-14-22-21(15-23(31)29-22)24(19(18)2)27(10,11)17-30(20(3)26(7,8)9)28(12,13)16-25(4,5)6/h14,20H,15-17H2,1-13H3,(H,29,31)/i16D2. The van der Waals surface area contributed by atoms with Gasteiger partial charge in [-0.1, -0.05) is 55.4 Å². The number of rotatable bonds is 6. The lowest BCUT2D eigenvalue weighted by molar-refractivity contribution is -0.115. The molecule has 176 valence electrons. The Labute approximate surface area is 195 Å². The molecule has 0 bridgehead atoms. The quantitative estimate of drug-likeness (QED) is 0.525. The Hall–Kier alpha value is -1.35. The van der Waals surface area contributed by atoms with Crippen LogP contribution in [0.15, 0.2) is 6.07 Å². The minimum absolute atomic E-state index is 0.0254. The summed E-state index contributed by atoms with van der Waals surface area (Å²) in [7, 11) is 0. The second kappa shape index (κ2) is 8.21. The van der Waals surface area contributed by atoms with E-state index >= 15 is 0 Å². The van der Waals surface area contributed by atoms with Gasteiger partial charge in [0.2, 0.25) is 5.91 Å². The maximum atomic E-state index is 12.3. The zero-order valence-electron chi connectivity index (χ0n) is 24.4. The summed E-state index contributed by atoms with van der Waals surface area (Å²) in [5.74, 6) is 0.0522. The first-order valence-electron chi connectivity index (χ1n) is 12.8. The molecule has 2 rings (SSSR count). The first-order chi connectivity index (χ1) is 14.6.